The summed E-state index contributed by atoms with van der Waals surface area (Å²) < 4.78 is 2.19. The second-order valence-electron chi connectivity index (χ2n) is 7.81. The van der Waals surface area contributed by atoms with Crippen molar-refractivity contribution in [3.63, 3.8) is 0 Å². The van der Waals surface area contributed by atoms with Crippen LogP contribution in [0.5, 0.6) is 0 Å². The first kappa shape index (κ1) is 17.7. The molecule has 2 aromatic heterocycles. The monoisotopic (exact) mass is 381 g/mol. The van der Waals surface area contributed by atoms with Crippen LogP contribution in [0, 0.1) is 11.3 Å². The van der Waals surface area contributed by atoms with Gasteiger partial charge in [0, 0.05) is 12.1 Å². The van der Waals surface area contributed by atoms with Gasteiger partial charge in [0.05, 0.1) is 22.8 Å². The fraction of sp³-hybridized carbons (Fsp3) is 0.250. The van der Waals surface area contributed by atoms with Crippen molar-refractivity contribution in [2.45, 2.75) is 19.0 Å². The van der Waals surface area contributed by atoms with Gasteiger partial charge >= 0.3 is 0 Å². The van der Waals surface area contributed by atoms with Crippen molar-refractivity contribution < 1.29 is 0 Å². The third kappa shape index (κ3) is 2.76. The Bertz CT molecular complexity index is 1230. The average molecular weight is 381 g/mol. The van der Waals surface area contributed by atoms with Crippen LogP contribution in [0.1, 0.15) is 18.4 Å². The van der Waals surface area contributed by atoms with Crippen LogP contribution < -0.4 is 4.90 Å². The van der Waals surface area contributed by atoms with E-state index in [1.807, 2.05) is 30.3 Å². The maximum Gasteiger partial charge on any atom is 0.157 e. The summed E-state index contributed by atoms with van der Waals surface area (Å²) in [4.78, 5) is 9.58. The van der Waals surface area contributed by atoms with Gasteiger partial charge in [0.15, 0.2) is 5.65 Å². The van der Waals surface area contributed by atoms with Crippen molar-refractivity contribution in [2.75, 3.05) is 25.5 Å². The minimum Gasteiger partial charge on any atom is -0.341 e. The topological polar surface area (TPSA) is 47.6 Å². The average Bonchev–Trinajstić information content (AvgIpc) is 3.38. The standard InChI is InChI=1S/C24H23N5/c1-27(2)22-13-8-14-28(22)24-19(17-9-4-3-5-10-17)15-18(16-25)23-26-20-11-6-7-12-21(20)29(23)24/h3-7,9-12,15,22H,8,13-14H2,1-2H3/t22-/m0/s1. The maximum atomic E-state index is 9.90. The Morgan fingerprint density at radius 1 is 1.07 bits per heavy atom. The van der Waals surface area contributed by atoms with Crippen LogP contribution in [0.2, 0.25) is 0 Å². The second-order valence-corrected chi connectivity index (χ2v) is 7.81. The summed E-state index contributed by atoms with van der Waals surface area (Å²) in [7, 11) is 4.27. The Hall–Kier alpha value is -3.36. The van der Waals surface area contributed by atoms with E-state index in [0.29, 0.717) is 11.7 Å². The molecular formula is C24H23N5. The molecule has 1 fully saturated rings. The van der Waals surface area contributed by atoms with Crippen molar-refractivity contribution in [2.24, 2.45) is 0 Å². The Kier molecular flexibility index (Phi) is 4.22. The lowest BCUT2D eigenvalue weighted by atomic mass is 10.0. The van der Waals surface area contributed by atoms with E-state index in [2.05, 4.69) is 64.7 Å². The van der Waals surface area contributed by atoms with E-state index in [1.54, 1.807) is 0 Å². The minimum atomic E-state index is 0.315. The van der Waals surface area contributed by atoms with E-state index in [0.717, 1.165) is 53.0 Å². The second kappa shape index (κ2) is 6.91. The quantitative estimate of drug-likeness (QED) is 0.524. The van der Waals surface area contributed by atoms with E-state index in [4.69, 9.17) is 4.98 Å². The van der Waals surface area contributed by atoms with Crippen LogP contribution in [0.4, 0.5) is 5.82 Å². The zero-order valence-corrected chi connectivity index (χ0v) is 16.7. The molecule has 1 aliphatic rings. The van der Waals surface area contributed by atoms with Crippen LogP contribution in [0.3, 0.4) is 0 Å². The molecule has 5 nitrogen and oxygen atoms in total. The molecule has 0 radical (unpaired) electrons. The van der Waals surface area contributed by atoms with Gasteiger partial charge in [0.25, 0.3) is 0 Å². The van der Waals surface area contributed by atoms with E-state index >= 15 is 0 Å². The number of hydrogen-bond donors (Lipinski definition) is 0. The normalized spacial score (nSPS) is 16.8. The molecule has 29 heavy (non-hydrogen) atoms. The third-order valence-corrected chi connectivity index (χ3v) is 5.84. The molecule has 1 saturated heterocycles. The molecule has 144 valence electrons. The van der Waals surface area contributed by atoms with Crippen LogP contribution in [0.25, 0.3) is 27.8 Å². The molecule has 0 N–H and O–H groups in total. The van der Waals surface area contributed by atoms with E-state index < -0.39 is 0 Å². The maximum absolute atomic E-state index is 9.90. The molecule has 1 aliphatic heterocycles. The summed E-state index contributed by atoms with van der Waals surface area (Å²) in [6.45, 7) is 0.982. The summed E-state index contributed by atoms with van der Waals surface area (Å²) in [6, 6.07) is 22.9. The Morgan fingerprint density at radius 2 is 1.83 bits per heavy atom. The molecular weight excluding hydrogens is 358 g/mol. The number of fused-ring (bicyclic) bond motifs is 3. The van der Waals surface area contributed by atoms with Crippen LogP contribution >= 0.6 is 0 Å². The molecule has 5 rings (SSSR count). The molecule has 3 heterocycles. The number of nitrogens with zero attached hydrogens (tertiary/aromatic N) is 5. The number of aromatic nitrogens is 2. The molecule has 5 heteroatoms. The highest BCUT2D eigenvalue weighted by atomic mass is 15.4. The number of pyridine rings is 1. The number of anilines is 1. The smallest absolute Gasteiger partial charge is 0.157 e. The van der Waals surface area contributed by atoms with Gasteiger partial charge in [-0.15, -0.1) is 0 Å². The SMILES string of the molecule is CN(C)[C@@H]1CCCN1c1c(-c2ccccc2)cc(C#N)c2nc3ccccc3n12. The number of hydrogen-bond acceptors (Lipinski definition) is 4. The molecule has 2 aromatic carbocycles. The fourth-order valence-electron chi connectivity index (χ4n) is 4.54. The van der Waals surface area contributed by atoms with Crippen LogP contribution in [-0.2, 0) is 0 Å². The minimum absolute atomic E-state index is 0.315. The molecule has 0 aliphatic carbocycles. The molecule has 1 atom stereocenters. The van der Waals surface area contributed by atoms with E-state index in [-0.39, 0.29) is 0 Å². The van der Waals surface area contributed by atoms with Crippen molar-refractivity contribution in [3.8, 4) is 17.2 Å². The summed E-state index contributed by atoms with van der Waals surface area (Å²) in [5.41, 5.74) is 5.47. The van der Waals surface area contributed by atoms with Crippen LogP contribution in [0.15, 0.2) is 60.7 Å². The molecule has 0 saturated carbocycles. The first-order valence-electron chi connectivity index (χ1n) is 10.0. The van der Waals surface area contributed by atoms with Crippen molar-refractivity contribution in [3.05, 3.63) is 66.2 Å². The van der Waals surface area contributed by atoms with E-state index in [1.165, 1.54) is 0 Å². The summed E-state index contributed by atoms with van der Waals surface area (Å²) in [5.74, 6) is 1.12. The lowest BCUT2D eigenvalue weighted by molar-refractivity contribution is 0.300. The predicted octanol–water partition coefficient (Wildman–Crippen LogP) is 4.51. The largest absolute Gasteiger partial charge is 0.341 e. The molecule has 0 bridgehead atoms. The highest BCUT2D eigenvalue weighted by Crippen LogP contribution is 2.39. The number of benzene rings is 2. The Morgan fingerprint density at radius 3 is 2.59 bits per heavy atom. The van der Waals surface area contributed by atoms with Gasteiger partial charge in [-0.2, -0.15) is 5.26 Å². The van der Waals surface area contributed by atoms with Crippen LogP contribution in [-0.4, -0.2) is 41.1 Å². The fourth-order valence-corrected chi connectivity index (χ4v) is 4.54. The van der Waals surface area contributed by atoms with Crippen molar-refractivity contribution in [1.82, 2.24) is 14.3 Å². The predicted molar refractivity (Wildman–Crippen MR) is 117 cm³/mol. The number of nitriles is 1. The highest BCUT2D eigenvalue weighted by Gasteiger charge is 2.31. The number of para-hydroxylation sites is 2. The first-order valence-corrected chi connectivity index (χ1v) is 10.0. The van der Waals surface area contributed by atoms with Gasteiger partial charge in [-0.1, -0.05) is 42.5 Å². The van der Waals surface area contributed by atoms with Gasteiger partial charge in [-0.25, -0.2) is 4.98 Å². The van der Waals surface area contributed by atoms with Gasteiger partial charge in [-0.3, -0.25) is 9.30 Å². The van der Waals surface area contributed by atoms with Crippen molar-refractivity contribution in [1.29, 1.82) is 5.26 Å². The molecule has 4 aromatic rings. The summed E-state index contributed by atoms with van der Waals surface area (Å²) in [6.07, 6.45) is 2.58. The zero-order chi connectivity index (χ0) is 20.0. The highest BCUT2D eigenvalue weighted by molar-refractivity contribution is 5.90. The first-order chi connectivity index (χ1) is 14.2. The van der Waals surface area contributed by atoms with Gasteiger partial charge in [-0.05, 0) is 50.7 Å². The van der Waals surface area contributed by atoms with E-state index in [9.17, 15) is 5.26 Å². The molecule has 0 unspecified atom stereocenters. The lowest BCUT2D eigenvalue weighted by Gasteiger charge is -2.33. The Balaban J connectivity index is 1.93. The van der Waals surface area contributed by atoms with Gasteiger partial charge < -0.3 is 4.90 Å². The zero-order valence-electron chi connectivity index (χ0n) is 16.7. The third-order valence-electron chi connectivity index (χ3n) is 5.84. The molecule has 0 spiro atoms. The van der Waals surface area contributed by atoms with Gasteiger partial charge in [0.2, 0.25) is 0 Å². The summed E-state index contributed by atoms with van der Waals surface area (Å²) >= 11 is 0. The lowest BCUT2D eigenvalue weighted by Crippen LogP contribution is -2.41. The van der Waals surface area contributed by atoms with Gasteiger partial charge in [0.1, 0.15) is 11.9 Å². The number of rotatable bonds is 3. The Labute approximate surface area is 170 Å². The number of imidazole rings is 1. The summed E-state index contributed by atoms with van der Waals surface area (Å²) in [5, 5.41) is 9.90. The van der Waals surface area contributed by atoms with Crippen molar-refractivity contribution >= 4 is 22.5 Å². The molecule has 0 amide bonds.